The number of hydrogen-bond acceptors (Lipinski definition) is 2. The normalized spacial score (nSPS) is 22.8. The molecule has 1 aliphatic rings. The molecule has 1 unspecified atom stereocenters. The minimum Gasteiger partial charge on any atom is -0.212 e. The predicted octanol–water partition coefficient (Wildman–Crippen LogP) is 2.52. The smallest absolute Gasteiger partial charge is 0.212 e. The fourth-order valence-electron chi connectivity index (χ4n) is 2.09. The minimum absolute atomic E-state index is 0.304. The Hall–Kier alpha value is 0.240. The molecular formula is C8H15ClO2S. The molecule has 0 aromatic carbocycles. The summed E-state index contributed by atoms with van der Waals surface area (Å²) in [6.45, 7) is 1.89. The van der Waals surface area contributed by atoms with Crippen LogP contribution in [0.2, 0.25) is 0 Å². The van der Waals surface area contributed by atoms with Crippen LogP contribution in [0.4, 0.5) is 0 Å². The second-order valence-corrected chi connectivity index (χ2v) is 6.31. The molecule has 2 nitrogen and oxygen atoms in total. The fourth-order valence-corrected chi connectivity index (χ4v) is 4.04. The predicted molar refractivity (Wildman–Crippen MR) is 50.8 cm³/mol. The van der Waals surface area contributed by atoms with Gasteiger partial charge in [0.25, 0.3) is 0 Å². The quantitative estimate of drug-likeness (QED) is 0.671. The van der Waals surface area contributed by atoms with Crippen molar-refractivity contribution in [3.05, 3.63) is 0 Å². The molecule has 0 saturated heterocycles. The second-order valence-electron chi connectivity index (χ2n) is 3.47. The molecule has 12 heavy (non-hydrogen) atoms. The summed E-state index contributed by atoms with van der Waals surface area (Å²) in [6.07, 6.45) is 5.03. The first-order valence-corrected chi connectivity index (χ1v) is 6.86. The minimum atomic E-state index is -3.33. The van der Waals surface area contributed by atoms with Crippen molar-refractivity contribution in [2.75, 3.05) is 0 Å². The molecule has 72 valence electrons. The van der Waals surface area contributed by atoms with E-state index in [1.165, 1.54) is 0 Å². The highest BCUT2D eigenvalue weighted by molar-refractivity contribution is 8.14. The molecule has 1 aliphatic carbocycles. The van der Waals surface area contributed by atoms with Crippen molar-refractivity contribution < 1.29 is 8.42 Å². The van der Waals surface area contributed by atoms with Crippen LogP contribution in [-0.4, -0.2) is 13.7 Å². The van der Waals surface area contributed by atoms with Crippen LogP contribution in [0.25, 0.3) is 0 Å². The van der Waals surface area contributed by atoms with Gasteiger partial charge >= 0.3 is 0 Å². The van der Waals surface area contributed by atoms with Gasteiger partial charge in [-0.2, -0.15) is 0 Å². The summed E-state index contributed by atoms with van der Waals surface area (Å²) in [5.74, 6) is 0.317. The van der Waals surface area contributed by atoms with Crippen LogP contribution in [0.1, 0.15) is 39.0 Å². The van der Waals surface area contributed by atoms with Crippen LogP contribution in [0, 0.1) is 5.92 Å². The van der Waals surface area contributed by atoms with E-state index in [1.54, 1.807) is 0 Å². The van der Waals surface area contributed by atoms with Gasteiger partial charge in [0.1, 0.15) is 0 Å². The van der Waals surface area contributed by atoms with E-state index in [0.717, 1.165) is 25.7 Å². The fraction of sp³-hybridized carbons (Fsp3) is 1.00. The summed E-state index contributed by atoms with van der Waals surface area (Å²) in [6, 6.07) is 0. The van der Waals surface area contributed by atoms with Crippen molar-refractivity contribution in [3.63, 3.8) is 0 Å². The molecule has 1 atom stereocenters. The van der Waals surface area contributed by atoms with Crippen LogP contribution < -0.4 is 0 Å². The van der Waals surface area contributed by atoms with Gasteiger partial charge in [-0.1, -0.05) is 19.8 Å². The average molecular weight is 211 g/mol. The van der Waals surface area contributed by atoms with Gasteiger partial charge in [0.2, 0.25) is 9.05 Å². The molecule has 0 amide bonds. The zero-order chi connectivity index (χ0) is 9.19. The number of rotatable bonds is 3. The van der Waals surface area contributed by atoms with Gasteiger partial charge in [0.05, 0.1) is 5.25 Å². The lowest BCUT2D eigenvalue weighted by molar-refractivity contribution is 0.481. The Labute approximate surface area is 78.7 Å². The highest BCUT2D eigenvalue weighted by Gasteiger charge is 2.32. The monoisotopic (exact) mass is 210 g/mol. The summed E-state index contributed by atoms with van der Waals surface area (Å²) >= 11 is 0. The molecule has 1 saturated carbocycles. The Bertz CT molecular complexity index is 229. The molecule has 1 fully saturated rings. The van der Waals surface area contributed by atoms with Gasteiger partial charge in [-0.25, -0.2) is 8.42 Å². The standard InChI is InChI=1S/C8H15ClO2S/c1-2-8(12(9,10)11)7-5-3-4-6-7/h7-8H,2-6H2,1H3. The third-order valence-corrected chi connectivity index (χ3v) is 4.82. The van der Waals surface area contributed by atoms with E-state index in [1.807, 2.05) is 6.92 Å². The van der Waals surface area contributed by atoms with E-state index >= 15 is 0 Å². The third-order valence-electron chi connectivity index (χ3n) is 2.69. The van der Waals surface area contributed by atoms with Crippen LogP contribution in [0.15, 0.2) is 0 Å². The van der Waals surface area contributed by atoms with Gasteiger partial charge in [-0.3, -0.25) is 0 Å². The van der Waals surface area contributed by atoms with E-state index in [2.05, 4.69) is 0 Å². The molecule has 0 N–H and O–H groups in total. The molecular weight excluding hydrogens is 196 g/mol. The van der Waals surface area contributed by atoms with Crippen molar-refractivity contribution in [2.24, 2.45) is 5.92 Å². The van der Waals surface area contributed by atoms with E-state index in [9.17, 15) is 8.42 Å². The zero-order valence-electron chi connectivity index (χ0n) is 7.29. The summed E-state index contributed by atoms with van der Waals surface area (Å²) < 4.78 is 22.2. The lowest BCUT2D eigenvalue weighted by Crippen LogP contribution is -2.23. The largest absolute Gasteiger partial charge is 0.235 e. The van der Waals surface area contributed by atoms with E-state index in [0.29, 0.717) is 12.3 Å². The molecule has 0 radical (unpaired) electrons. The van der Waals surface area contributed by atoms with Gasteiger partial charge < -0.3 is 0 Å². The third kappa shape index (κ3) is 2.36. The van der Waals surface area contributed by atoms with E-state index in [4.69, 9.17) is 10.7 Å². The maximum absolute atomic E-state index is 11.1. The van der Waals surface area contributed by atoms with E-state index < -0.39 is 9.05 Å². The lowest BCUT2D eigenvalue weighted by Gasteiger charge is -2.17. The topological polar surface area (TPSA) is 34.1 Å². The Morgan fingerprint density at radius 2 is 1.92 bits per heavy atom. The lowest BCUT2D eigenvalue weighted by atomic mass is 10.0. The van der Waals surface area contributed by atoms with Crippen molar-refractivity contribution in [1.29, 1.82) is 0 Å². The van der Waals surface area contributed by atoms with Crippen molar-refractivity contribution >= 4 is 19.7 Å². The Morgan fingerprint density at radius 3 is 2.25 bits per heavy atom. The molecule has 0 aromatic heterocycles. The molecule has 0 bridgehead atoms. The summed E-state index contributed by atoms with van der Waals surface area (Å²) in [5, 5.41) is -0.304. The first-order chi connectivity index (χ1) is 5.55. The first-order valence-electron chi connectivity index (χ1n) is 4.49. The highest BCUT2D eigenvalue weighted by atomic mass is 35.7. The SMILES string of the molecule is CCC(C1CCCC1)S(=O)(=O)Cl. The molecule has 0 heterocycles. The van der Waals surface area contributed by atoms with Crippen LogP contribution in [0.5, 0.6) is 0 Å². The van der Waals surface area contributed by atoms with Gasteiger partial charge in [0.15, 0.2) is 0 Å². The summed E-state index contributed by atoms with van der Waals surface area (Å²) in [5.41, 5.74) is 0. The van der Waals surface area contributed by atoms with Crippen LogP contribution in [0.3, 0.4) is 0 Å². The Kier molecular flexibility index (Phi) is 3.41. The molecule has 0 aliphatic heterocycles. The van der Waals surface area contributed by atoms with E-state index in [-0.39, 0.29) is 5.25 Å². The Morgan fingerprint density at radius 1 is 1.42 bits per heavy atom. The second kappa shape index (κ2) is 3.97. The van der Waals surface area contributed by atoms with Crippen LogP contribution in [-0.2, 0) is 9.05 Å². The number of halogens is 1. The van der Waals surface area contributed by atoms with Crippen molar-refractivity contribution in [3.8, 4) is 0 Å². The first kappa shape index (κ1) is 10.3. The summed E-state index contributed by atoms with van der Waals surface area (Å²) in [7, 11) is 2.03. The molecule has 1 rings (SSSR count). The maximum Gasteiger partial charge on any atom is 0.235 e. The molecule has 0 spiro atoms. The zero-order valence-corrected chi connectivity index (χ0v) is 8.87. The van der Waals surface area contributed by atoms with Crippen molar-refractivity contribution in [1.82, 2.24) is 0 Å². The highest BCUT2D eigenvalue weighted by Crippen LogP contribution is 2.33. The van der Waals surface area contributed by atoms with Gasteiger partial charge in [0, 0.05) is 10.7 Å². The Balaban J connectivity index is 2.68. The van der Waals surface area contributed by atoms with Gasteiger partial charge in [-0.05, 0) is 25.2 Å². The van der Waals surface area contributed by atoms with Gasteiger partial charge in [-0.15, -0.1) is 0 Å². The molecule has 4 heteroatoms. The number of hydrogen-bond donors (Lipinski definition) is 0. The summed E-state index contributed by atoms with van der Waals surface area (Å²) in [4.78, 5) is 0. The average Bonchev–Trinajstić information content (AvgIpc) is 2.38. The van der Waals surface area contributed by atoms with Crippen LogP contribution >= 0.6 is 10.7 Å². The van der Waals surface area contributed by atoms with Crippen molar-refractivity contribution in [2.45, 2.75) is 44.3 Å². The maximum atomic E-state index is 11.1. The molecule has 0 aromatic rings.